The van der Waals surface area contributed by atoms with Crippen molar-refractivity contribution in [2.45, 2.75) is 32.1 Å². The molecule has 16 heavy (non-hydrogen) atoms. The topological polar surface area (TPSA) is 37.3 Å². The van der Waals surface area contributed by atoms with Crippen molar-refractivity contribution >= 4 is 5.97 Å². The highest BCUT2D eigenvalue weighted by Crippen LogP contribution is 2.52. The maximum absolute atomic E-state index is 11.1. The van der Waals surface area contributed by atoms with Crippen molar-refractivity contribution in [3.8, 4) is 0 Å². The second-order valence-electron chi connectivity index (χ2n) is 5.33. The summed E-state index contributed by atoms with van der Waals surface area (Å²) in [5.41, 5.74) is 2.49. The molecule has 1 saturated carbocycles. The molecule has 1 aromatic carbocycles. The van der Waals surface area contributed by atoms with E-state index in [2.05, 4.69) is 24.3 Å². The van der Waals surface area contributed by atoms with E-state index in [-0.39, 0.29) is 5.41 Å². The minimum Gasteiger partial charge on any atom is -0.481 e. The second kappa shape index (κ2) is 3.34. The molecule has 0 radical (unpaired) electrons. The number of carboxylic acids is 1. The smallest absolute Gasteiger partial charge is 0.309 e. The molecule has 0 bridgehead atoms. The van der Waals surface area contributed by atoms with Gasteiger partial charge in [0.15, 0.2) is 0 Å². The Kier molecular flexibility index (Phi) is 2.06. The Morgan fingerprint density at radius 2 is 1.81 bits per heavy atom. The minimum atomic E-state index is -0.580. The third-order valence-electron chi connectivity index (χ3n) is 4.12. The van der Waals surface area contributed by atoms with Crippen molar-refractivity contribution in [1.82, 2.24) is 0 Å². The van der Waals surface area contributed by atoms with Gasteiger partial charge < -0.3 is 5.11 Å². The summed E-state index contributed by atoms with van der Waals surface area (Å²) in [6.45, 7) is 0. The van der Waals surface area contributed by atoms with Crippen molar-refractivity contribution in [3.05, 3.63) is 35.4 Å². The van der Waals surface area contributed by atoms with Gasteiger partial charge in [-0.2, -0.15) is 0 Å². The molecule has 2 aliphatic carbocycles. The van der Waals surface area contributed by atoms with Crippen LogP contribution in [0.3, 0.4) is 0 Å². The number of rotatable bonds is 3. The number of hydrogen-bond donors (Lipinski definition) is 1. The van der Waals surface area contributed by atoms with Crippen LogP contribution in [0.5, 0.6) is 0 Å². The fourth-order valence-electron chi connectivity index (χ4n) is 3.00. The Morgan fingerprint density at radius 3 is 2.25 bits per heavy atom. The largest absolute Gasteiger partial charge is 0.481 e. The summed E-state index contributed by atoms with van der Waals surface area (Å²) >= 11 is 0. The lowest BCUT2D eigenvalue weighted by Crippen LogP contribution is -2.19. The van der Waals surface area contributed by atoms with Crippen LogP contribution in [0, 0.1) is 11.3 Å². The van der Waals surface area contributed by atoms with Crippen LogP contribution in [-0.4, -0.2) is 11.1 Å². The Bertz CT molecular complexity index is 407. The lowest BCUT2D eigenvalue weighted by Gasteiger charge is -2.14. The van der Waals surface area contributed by atoms with Crippen LogP contribution in [0.25, 0.3) is 0 Å². The van der Waals surface area contributed by atoms with E-state index >= 15 is 0 Å². The molecule has 1 N–H and O–H groups in total. The van der Waals surface area contributed by atoms with E-state index in [0.29, 0.717) is 5.92 Å². The van der Waals surface area contributed by atoms with Crippen LogP contribution in [-0.2, 0) is 17.6 Å². The second-order valence-corrected chi connectivity index (χ2v) is 5.33. The van der Waals surface area contributed by atoms with E-state index in [1.165, 1.54) is 11.1 Å². The predicted molar refractivity (Wildman–Crippen MR) is 61.3 cm³/mol. The van der Waals surface area contributed by atoms with E-state index in [0.717, 1.165) is 32.1 Å². The molecular weight excluding hydrogens is 200 g/mol. The minimum absolute atomic E-state index is 0.354. The molecule has 2 nitrogen and oxygen atoms in total. The number of benzene rings is 1. The first-order valence-electron chi connectivity index (χ1n) is 6.00. The molecule has 0 atom stereocenters. The standard InChI is InChI=1S/C14H16O2/c15-13(16)14(5-6-14)9-10-7-11-3-1-2-4-12(11)8-10/h1-4,10H,5-9H2,(H,15,16). The first-order valence-corrected chi connectivity index (χ1v) is 6.00. The van der Waals surface area contributed by atoms with Gasteiger partial charge in [0.1, 0.15) is 0 Å². The number of fused-ring (bicyclic) bond motifs is 1. The lowest BCUT2D eigenvalue weighted by molar-refractivity contribution is -0.144. The van der Waals surface area contributed by atoms with E-state index in [1.807, 2.05) is 0 Å². The molecule has 1 fully saturated rings. The van der Waals surface area contributed by atoms with Crippen LogP contribution in [0.15, 0.2) is 24.3 Å². The SMILES string of the molecule is O=C(O)C1(CC2Cc3ccccc3C2)CC1. The third kappa shape index (κ3) is 1.53. The normalized spacial score (nSPS) is 21.8. The molecule has 0 unspecified atom stereocenters. The van der Waals surface area contributed by atoms with Gasteiger partial charge in [-0.25, -0.2) is 0 Å². The number of aliphatic carboxylic acids is 1. The summed E-state index contributed by atoms with van der Waals surface area (Å²) in [6.07, 6.45) is 4.79. The van der Waals surface area contributed by atoms with Gasteiger partial charge in [0.05, 0.1) is 5.41 Å². The average Bonchev–Trinajstić information content (AvgIpc) is 2.92. The van der Waals surface area contributed by atoms with Gasteiger partial charge in [-0.3, -0.25) is 4.79 Å². The zero-order chi connectivity index (χ0) is 11.2. The van der Waals surface area contributed by atoms with Crippen molar-refractivity contribution in [2.75, 3.05) is 0 Å². The summed E-state index contributed by atoms with van der Waals surface area (Å²) in [6, 6.07) is 8.50. The molecule has 2 heteroatoms. The monoisotopic (exact) mass is 216 g/mol. The summed E-state index contributed by atoms with van der Waals surface area (Å²) in [5.74, 6) is -0.0283. The highest BCUT2D eigenvalue weighted by atomic mass is 16.4. The molecule has 0 aromatic heterocycles. The molecule has 3 rings (SSSR count). The van der Waals surface area contributed by atoms with Crippen LogP contribution >= 0.6 is 0 Å². The zero-order valence-electron chi connectivity index (χ0n) is 9.28. The average molecular weight is 216 g/mol. The molecule has 1 aromatic rings. The fourth-order valence-corrected chi connectivity index (χ4v) is 3.00. The van der Waals surface area contributed by atoms with Crippen LogP contribution < -0.4 is 0 Å². The predicted octanol–water partition coefficient (Wildman–Crippen LogP) is 2.66. The maximum Gasteiger partial charge on any atom is 0.309 e. The molecule has 0 saturated heterocycles. The lowest BCUT2D eigenvalue weighted by atomic mass is 9.90. The quantitative estimate of drug-likeness (QED) is 0.843. The molecule has 0 spiro atoms. The van der Waals surface area contributed by atoms with Gasteiger partial charge in [0.2, 0.25) is 0 Å². The van der Waals surface area contributed by atoms with E-state index < -0.39 is 5.97 Å². The van der Waals surface area contributed by atoms with Gasteiger partial charge in [0, 0.05) is 0 Å². The van der Waals surface area contributed by atoms with Crippen molar-refractivity contribution < 1.29 is 9.90 Å². The molecule has 84 valence electrons. The third-order valence-corrected chi connectivity index (χ3v) is 4.12. The van der Waals surface area contributed by atoms with Gasteiger partial charge in [-0.15, -0.1) is 0 Å². The number of carboxylic acid groups (broad SMARTS) is 1. The van der Waals surface area contributed by atoms with Crippen LogP contribution in [0.2, 0.25) is 0 Å². The fraction of sp³-hybridized carbons (Fsp3) is 0.500. The Labute approximate surface area is 95.3 Å². The van der Waals surface area contributed by atoms with Gasteiger partial charge in [-0.1, -0.05) is 24.3 Å². The molecule has 0 amide bonds. The van der Waals surface area contributed by atoms with E-state index in [1.54, 1.807) is 0 Å². The Balaban J connectivity index is 1.71. The van der Waals surface area contributed by atoms with Gasteiger partial charge >= 0.3 is 5.97 Å². The van der Waals surface area contributed by atoms with Crippen molar-refractivity contribution in [2.24, 2.45) is 11.3 Å². The summed E-state index contributed by atoms with van der Waals surface area (Å²) in [7, 11) is 0. The van der Waals surface area contributed by atoms with E-state index in [4.69, 9.17) is 0 Å². The van der Waals surface area contributed by atoms with Gasteiger partial charge in [0.25, 0.3) is 0 Å². The number of carbonyl (C=O) groups is 1. The van der Waals surface area contributed by atoms with Gasteiger partial charge in [-0.05, 0) is 49.1 Å². The van der Waals surface area contributed by atoms with E-state index in [9.17, 15) is 9.90 Å². The van der Waals surface area contributed by atoms with Crippen molar-refractivity contribution in [3.63, 3.8) is 0 Å². The first kappa shape index (κ1) is 9.88. The van der Waals surface area contributed by atoms with Crippen molar-refractivity contribution in [1.29, 1.82) is 0 Å². The Morgan fingerprint density at radius 1 is 1.25 bits per heavy atom. The first-order chi connectivity index (χ1) is 7.70. The highest BCUT2D eigenvalue weighted by molar-refractivity contribution is 5.77. The van der Waals surface area contributed by atoms with Crippen LogP contribution in [0.1, 0.15) is 30.4 Å². The summed E-state index contributed by atoms with van der Waals surface area (Å²) in [5, 5.41) is 9.18. The Hall–Kier alpha value is -1.31. The molecular formula is C14H16O2. The summed E-state index contributed by atoms with van der Waals surface area (Å²) in [4.78, 5) is 11.1. The summed E-state index contributed by atoms with van der Waals surface area (Å²) < 4.78 is 0. The molecule has 0 heterocycles. The number of hydrogen-bond acceptors (Lipinski definition) is 1. The van der Waals surface area contributed by atoms with Crippen LogP contribution in [0.4, 0.5) is 0 Å². The molecule has 2 aliphatic rings. The molecule has 0 aliphatic heterocycles. The zero-order valence-corrected chi connectivity index (χ0v) is 9.28. The highest BCUT2D eigenvalue weighted by Gasteiger charge is 2.51. The maximum atomic E-state index is 11.1.